The second-order valence-corrected chi connectivity index (χ2v) is 5.00. The molecule has 0 radical (unpaired) electrons. The fourth-order valence-corrected chi connectivity index (χ4v) is 2.30. The van der Waals surface area contributed by atoms with Crippen molar-refractivity contribution >= 4 is 5.91 Å². The third kappa shape index (κ3) is 3.74. The van der Waals surface area contributed by atoms with Gasteiger partial charge in [-0.15, -0.1) is 5.10 Å². The Morgan fingerprint density at radius 1 is 1.47 bits per heavy atom. The summed E-state index contributed by atoms with van der Waals surface area (Å²) in [5, 5.41) is 7.91. The second kappa shape index (κ2) is 6.12. The van der Waals surface area contributed by atoms with E-state index in [4.69, 9.17) is 10.5 Å². The lowest BCUT2D eigenvalue weighted by Crippen LogP contribution is -2.49. The van der Waals surface area contributed by atoms with Crippen molar-refractivity contribution in [2.24, 2.45) is 5.73 Å². The standard InChI is InChI=1S/C12H21N5O2/c1-9-5-16(6-10(2)19-9)12(18)8-17-7-11(3-4-13)14-15-17/h7,9-10H,3-6,8,13H2,1-2H3. The molecule has 0 spiro atoms. The monoisotopic (exact) mass is 267 g/mol. The molecule has 7 nitrogen and oxygen atoms in total. The Morgan fingerprint density at radius 2 is 2.16 bits per heavy atom. The van der Waals surface area contributed by atoms with Crippen LogP contribution >= 0.6 is 0 Å². The van der Waals surface area contributed by atoms with Crippen LogP contribution in [0.15, 0.2) is 6.20 Å². The number of carbonyl (C=O) groups excluding carboxylic acids is 1. The highest BCUT2D eigenvalue weighted by Crippen LogP contribution is 2.11. The highest BCUT2D eigenvalue weighted by molar-refractivity contribution is 5.76. The molecule has 1 fully saturated rings. The number of carbonyl (C=O) groups is 1. The Balaban J connectivity index is 1.92. The molecule has 0 aromatic carbocycles. The van der Waals surface area contributed by atoms with Gasteiger partial charge < -0.3 is 15.4 Å². The lowest BCUT2D eigenvalue weighted by atomic mass is 10.2. The zero-order valence-electron chi connectivity index (χ0n) is 11.5. The first kappa shape index (κ1) is 14.0. The molecule has 0 aliphatic carbocycles. The zero-order chi connectivity index (χ0) is 13.8. The Hall–Kier alpha value is -1.47. The Morgan fingerprint density at radius 3 is 2.79 bits per heavy atom. The van der Waals surface area contributed by atoms with E-state index in [0.29, 0.717) is 26.1 Å². The van der Waals surface area contributed by atoms with Crippen LogP contribution in [0.3, 0.4) is 0 Å². The minimum absolute atomic E-state index is 0.0474. The van der Waals surface area contributed by atoms with Crippen LogP contribution in [0, 0.1) is 0 Å². The lowest BCUT2D eigenvalue weighted by Gasteiger charge is -2.35. The smallest absolute Gasteiger partial charge is 0.244 e. The Bertz CT molecular complexity index is 424. The summed E-state index contributed by atoms with van der Waals surface area (Å²) in [5.74, 6) is 0.0474. The quantitative estimate of drug-likeness (QED) is 0.788. The van der Waals surface area contributed by atoms with Crippen LogP contribution in [-0.2, 0) is 22.5 Å². The van der Waals surface area contributed by atoms with E-state index < -0.39 is 0 Å². The van der Waals surface area contributed by atoms with E-state index in [1.54, 1.807) is 10.9 Å². The van der Waals surface area contributed by atoms with Crippen molar-refractivity contribution in [2.45, 2.75) is 39.0 Å². The predicted molar refractivity (Wildman–Crippen MR) is 69.4 cm³/mol. The Kier molecular flexibility index (Phi) is 4.49. The maximum Gasteiger partial charge on any atom is 0.244 e. The predicted octanol–water partition coefficient (Wildman–Crippen LogP) is -0.585. The molecule has 106 valence electrons. The average Bonchev–Trinajstić information content (AvgIpc) is 2.76. The first-order valence-electron chi connectivity index (χ1n) is 6.60. The number of rotatable bonds is 4. The summed E-state index contributed by atoms with van der Waals surface area (Å²) in [5.41, 5.74) is 6.27. The van der Waals surface area contributed by atoms with Gasteiger partial charge in [0.2, 0.25) is 5.91 Å². The van der Waals surface area contributed by atoms with Gasteiger partial charge >= 0.3 is 0 Å². The van der Waals surface area contributed by atoms with Crippen LogP contribution in [0.5, 0.6) is 0 Å². The van der Waals surface area contributed by atoms with E-state index in [2.05, 4.69) is 10.3 Å². The summed E-state index contributed by atoms with van der Waals surface area (Å²) in [4.78, 5) is 14.0. The van der Waals surface area contributed by atoms with Gasteiger partial charge in [0.05, 0.1) is 17.9 Å². The molecule has 1 aliphatic rings. The molecule has 1 saturated heterocycles. The van der Waals surface area contributed by atoms with Gasteiger partial charge in [0, 0.05) is 25.7 Å². The highest BCUT2D eigenvalue weighted by Gasteiger charge is 2.25. The van der Waals surface area contributed by atoms with Gasteiger partial charge in [-0.25, -0.2) is 4.68 Å². The first-order valence-corrected chi connectivity index (χ1v) is 6.60. The summed E-state index contributed by atoms with van der Waals surface area (Å²) in [6, 6.07) is 0. The van der Waals surface area contributed by atoms with E-state index >= 15 is 0 Å². The van der Waals surface area contributed by atoms with Gasteiger partial charge in [-0.2, -0.15) is 0 Å². The van der Waals surface area contributed by atoms with Crippen molar-refractivity contribution in [3.05, 3.63) is 11.9 Å². The van der Waals surface area contributed by atoms with Gasteiger partial charge in [-0.3, -0.25) is 4.79 Å². The molecular weight excluding hydrogens is 246 g/mol. The van der Waals surface area contributed by atoms with Crippen LogP contribution in [0.4, 0.5) is 0 Å². The first-order chi connectivity index (χ1) is 9.08. The fourth-order valence-electron chi connectivity index (χ4n) is 2.30. The van der Waals surface area contributed by atoms with Crippen molar-refractivity contribution in [1.82, 2.24) is 19.9 Å². The summed E-state index contributed by atoms with van der Waals surface area (Å²) in [6.07, 6.45) is 2.62. The normalized spacial score (nSPS) is 23.6. The number of morpholine rings is 1. The maximum atomic E-state index is 12.2. The van der Waals surface area contributed by atoms with E-state index in [9.17, 15) is 4.79 Å². The van der Waals surface area contributed by atoms with E-state index in [-0.39, 0.29) is 24.7 Å². The van der Waals surface area contributed by atoms with Crippen LogP contribution in [0.1, 0.15) is 19.5 Å². The van der Waals surface area contributed by atoms with Crippen LogP contribution in [0.25, 0.3) is 0 Å². The van der Waals surface area contributed by atoms with Crippen molar-refractivity contribution < 1.29 is 9.53 Å². The minimum Gasteiger partial charge on any atom is -0.372 e. The molecule has 2 rings (SSSR count). The third-order valence-electron chi connectivity index (χ3n) is 3.06. The molecule has 1 aromatic heterocycles. The number of hydrogen-bond donors (Lipinski definition) is 1. The van der Waals surface area contributed by atoms with E-state index in [1.165, 1.54) is 0 Å². The fraction of sp³-hybridized carbons (Fsp3) is 0.750. The second-order valence-electron chi connectivity index (χ2n) is 5.00. The van der Waals surface area contributed by atoms with Crippen LogP contribution in [-0.4, -0.2) is 57.6 Å². The summed E-state index contributed by atoms with van der Waals surface area (Å²) >= 11 is 0. The van der Waals surface area contributed by atoms with Gasteiger partial charge in [0.15, 0.2) is 0 Å². The average molecular weight is 267 g/mol. The highest BCUT2D eigenvalue weighted by atomic mass is 16.5. The molecule has 0 bridgehead atoms. The van der Waals surface area contributed by atoms with E-state index in [0.717, 1.165) is 5.69 Å². The van der Waals surface area contributed by atoms with Gasteiger partial charge in [-0.05, 0) is 20.4 Å². The van der Waals surface area contributed by atoms with Gasteiger partial charge in [0.25, 0.3) is 0 Å². The van der Waals surface area contributed by atoms with Crippen LogP contribution < -0.4 is 5.73 Å². The summed E-state index contributed by atoms with van der Waals surface area (Å²) in [6.45, 7) is 5.97. The number of amides is 1. The molecule has 2 atom stereocenters. The molecule has 0 saturated carbocycles. The van der Waals surface area contributed by atoms with Gasteiger partial charge in [-0.1, -0.05) is 5.21 Å². The molecule has 2 heterocycles. The molecule has 2 N–H and O–H groups in total. The van der Waals surface area contributed by atoms with Crippen molar-refractivity contribution in [3.63, 3.8) is 0 Å². The lowest BCUT2D eigenvalue weighted by molar-refractivity contribution is -0.144. The SMILES string of the molecule is CC1CN(C(=O)Cn2cc(CCN)nn2)CC(C)O1. The number of ether oxygens (including phenoxy) is 1. The molecule has 7 heteroatoms. The summed E-state index contributed by atoms with van der Waals surface area (Å²) < 4.78 is 7.18. The third-order valence-corrected chi connectivity index (χ3v) is 3.06. The maximum absolute atomic E-state index is 12.2. The number of nitrogens with two attached hydrogens (primary N) is 1. The molecule has 1 aliphatic heterocycles. The molecule has 19 heavy (non-hydrogen) atoms. The molecular formula is C12H21N5O2. The number of aromatic nitrogens is 3. The van der Waals surface area contributed by atoms with Crippen LogP contribution in [0.2, 0.25) is 0 Å². The van der Waals surface area contributed by atoms with Gasteiger partial charge in [0.1, 0.15) is 6.54 Å². The molecule has 1 amide bonds. The topological polar surface area (TPSA) is 86.3 Å². The minimum atomic E-state index is 0.0474. The largest absolute Gasteiger partial charge is 0.372 e. The zero-order valence-corrected chi connectivity index (χ0v) is 11.5. The number of nitrogens with zero attached hydrogens (tertiary/aromatic N) is 4. The Labute approximate surface area is 112 Å². The van der Waals surface area contributed by atoms with E-state index in [1.807, 2.05) is 18.7 Å². The molecule has 2 unspecified atom stereocenters. The summed E-state index contributed by atoms with van der Waals surface area (Å²) in [7, 11) is 0. The molecule has 1 aromatic rings. The van der Waals surface area contributed by atoms with Crippen molar-refractivity contribution in [1.29, 1.82) is 0 Å². The van der Waals surface area contributed by atoms with Crippen molar-refractivity contribution in [2.75, 3.05) is 19.6 Å². The van der Waals surface area contributed by atoms with Crippen molar-refractivity contribution in [3.8, 4) is 0 Å². The number of hydrogen-bond acceptors (Lipinski definition) is 5.